The number of rotatable bonds is 7. The van der Waals surface area contributed by atoms with Gasteiger partial charge in [-0.15, -0.1) is 0 Å². The molecule has 1 aliphatic heterocycles. The van der Waals surface area contributed by atoms with E-state index in [-0.39, 0.29) is 5.41 Å². The van der Waals surface area contributed by atoms with E-state index in [0.717, 1.165) is 37.2 Å². The van der Waals surface area contributed by atoms with Crippen LogP contribution in [0.3, 0.4) is 0 Å². The highest BCUT2D eigenvalue weighted by atomic mass is 16.6. The number of ether oxygens (including phenoxy) is 3. The van der Waals surface area contributed by atoms with Crippen LogP contribution >= 0.6 is 0 Å². The van der Waals surface area contributed by atoms with Crippen molar-refractivity contribution in [3.63, 3.8) is 0 Å². The zero-order valence-corrected chi connectivity index (χ0v) is 16.0. The Hall–Kier alpha value is -1.95. The number of nitrogens with one attached hydrogen (secondary N) is 2. The molecule has 1 aromatic carbocycles. The Labute approximate surface area is 156 Å². The summed E-state index contributed by atoms with van der Waals surface area (Å²) in [5.41, 5.74) is 1.45. The Bertz CT molecular complexity index is 612. The second kappa shape index (κ2) is 9.12. The molecule has 1 fully saturated rings. The fourth-order valence-corrected chi connectivity index (χ4v) is 3.85. The number of aliphatic imine (C=N–C) groups is 1. The Morgan fingerprint density at radius 2 is 1.92 bits per heavy atom. The highest BCUT2D eigenvalue weighted by Gasteiger charge is 2.36. The summed E-state index contributed by atoms with van der Waals surface area (Å²) in [6, 6.07) is 6.43. The van der Waals surface area contributed by atoms with Gasteiger partial charge in [0.15, 0.2) is 17.5 Å². The van der Waals surface area contributed by atoms with Crippen LogP contribution in [0.2, 0.25) is 0 Å². The minimum atomic E-state index is 0.118. The first-order chi connectivity index (χ1) is 12.8. The topological polar surface area (TPSA) is 64.1 Å². The summed E-state index contributed by atoms with van der Waals surface area (Å²) < 4.78 is 16.8. The molecule has 2 N–H and O–H groups in total. The lowest BCUT2D eigenvalue weighted by molar-refractivity contribution is 0.152. The van der Waals surface area contributed by atoms with Gasteiger partial charge in [-0.25, -0.2) is 0 Å². The highest BCUT2D eigenvalue weighted by molar-refractivity contribution is 5.79. The molecule has 0 amide bonds. The Morgan fingerprint density at radius 1 is 1.15 bits per heavy atom. The first kappa shape index (κ1) is 18.8. The number of fused-ring (bicyclic) bond motifs is 1. The maximum absolute atomic E-state index is 5.80. The van der Waals surface area contributed by atoms with E-state index in [9.17, 15) is 0 Å². The van der Waals surface area contributed by atoms with Crippen molar-refractivity contribution < 1.29 is 14.2 Å². The molecule has 1 saturated carbocycles. The molecule has 6 nitrogen and oxygen atoms in total. The van der Waals surface area contributed by atoms with Gasteiger partial charge in [0, 0.05) is 32.2 Å². The van der Waals surface area contributed by atoms with Crippen molar-refractivity contribution in [2.75, 3.05) is 46.6 Å². The molecule has 1 aliphatic carbocycles. The number of hydrogen-bond donors (Lipinski definition) is 2. The Morgan fingerprint density at radius 3 is 2.65 bits per heavy atom. The molecule has 0 radical (unpaired) electrons. The largest absolute Gasteiger partial charge is 0.486 e. The summed E-state index contributed by atoms with van der Waals surface area (Å²) in [5, 5.41) is 6.83. The standard InChI is InChI=1S/C20H31N3O3/c1-3-24-11-10-22-19(21-2)23-15-20(8-4-5-9-20)16-6-7-17-18(14-16)26-13-12-25-17/h6-7,14H,3-5,8-13,15H2,1-2H3,(H2,21,22,23). The molecule has 3 rings (SSSR count). The van der Waals surface area contributed by atoms with Gasteiger partial charge in [0.25, 0.3) is 0 Å². The molecule has 6 heteroatoms. The number of guanidine groups is 1. The number of benzene rings is 1. The molecule has 1 heterocycles. The second-order valence-electron chi connectivity index (χ2n) is 6.90. The number of hydrogen-bond acceptors (Lipinski definition) is 4. The summed E-state index contributed by atoms with van der Waals surface area (Å²) >= 11 is 0. The van der Waals surface area contributed by atoms with Crippen molar-refractivity contribution in [2.24, 2.45) is 4.99 Å². The lowest BCUT2D eigenvalue weighted by atomic mass is 9.78. The van der Waals surface area contributed by atoms with Crippen molar-refractivity contribution in [1.29, 1.82) is 0 Å². The molecule has 0 atom stereocenters. The third-order valence-corrected chi connectivity index (χ3v) is 5.28. The third kappa shape index (κ3) is 4.41. The quantitative estimate of drug-likeness (QED) is 0.444. The maximum atomic E-state index is 5.80. The van der Waals surface area contributed by atoms with Crippen molar-refractivity contribution >= 4 is 5.96 Å². The van der Waals surface area contributed by atoms with Crippen molar-refractivity contribution in [3.05, 3.63) is 23.8 Å². The van der Waals surface area contributed by atoms with Gasteiger partial charge in [-0.2, -0.15) is 0 Å². The first-order valence-electron chi connectivity index (χ1n) is 9.70. The van der Waals surface area contributed by atoms with Gasteiger partial charge < -0.3 is 24.8 Å². The van der Waals surface area contributed by atoms with Gasteiger partial charge in [-0.3, -0.25) is 4.99 Å². The van der Waals surface area contributed by atoms with Gasteiger partial charge in [0.05, 0.1) is 6.61 Å². The van der Waals surface area contributed by atoms with Crippen LogP contribution in [0.5, 0.6) is 11.5 Å². The molecular weight excluding hydrogens is 330 g/mol. The third-order valence-electron chi connectivity index (χ3n) is 5.28. The summed E-state index contributed by atoms with van der Waals surface area (Å²) in [5.74, 6) is 2.56. The van der Waals surface area contributed by atoms with Crippen LogP contribution in [0.1, 0.15) is 38.2 Å². The van der Waals surface area contributed by atoms with Crippen LogP contribution in [0.4, 0.5) is 0 Å². The van der Waals surface area contributed by atoms with Crippen LogP contribution in [0, 0.1) is 0 Å². The monoisotopic (exact) mass is 361 g/mol. The van der Waals surface area contributed by atoms with E-state index in [4.69, 9.17) is 14.2 Å². The molecule has 0 spiro atoms. The molecule has 0 aromatic heterocycles. The smallest absolute Gasteiger partial charge is 0.191 e. The van der Waals surface area contributed by atoms with E-state index < -0.39 is 0 Å². The van der Waals surface area contributed by atoms with Crippen LogP contribution in [0.15, 0.2) is 23.2 Å². The SMILES string of the molecule is CCOCCNC(=NC)NCC1(c2ccc3c(c2)OCCO3)CCCC1. The molecule has 0 saturated heterocycles. The first-order valence-corrected chi connectivity index (χ1v) is 9.70. The van der Waals surface area contributed by atoms with Crippen molar-refractivity contribution in [1.82, 2.24) is 10.6 Å². The maximum Gasteiger partial charge on any atom is 0.191 e. The Kier molecular flexibility index (Phi) is 6.61. The molecule has 26 heavy (non-hydrogen) atoms. The normalized spacial score (nSPS) is 18.6. The van der Waals surface area contributed by atoms with Crippen molar-refractivity contribution in [3.8, 4) is 11.5 Å². The fourth-order valence-electron chi connectivity index (χ4n) is 3.85. The van der Waals surface area contributed by atoms with Crippen LogP contribution in [-0.2, 0) is 10.2 Å². The van der Waals surface area contributed by atoms with Gasteiger partial charge >= 0.3 is 0 Å². The van der Waals surface area contributed by atoms with Crippen LogP contribution < -0.4 is 20.1 Å². The summed E-state index contributed by atoms with van der Waals surface area (Å²) in [7, 11) is 1.81. The lowest BCUT2D eigenvalue weighted by Crippen LogP contribution is -2.45. The molecule has 144 valence electrons. The van der Waals surface area contributed by atoms with Crippen LogP contribution in [-0.4, -0.2) is 52.5 Å². The average Bonchev–Trinajstić information content (AvgIpc) is 3.17. The molecule has 0 bridgehead atoms. The molecular formula is C20H31N3O3. The van der Waals surface area contributed by atoms with E-state index in [1.165, 1.54) is 31.2 Å². The fraction of sp³-hybridized carbons (Fsp3) is 0.650. The summed E-state index contributed by atoms with van der Waals surface area (Å²) in [6.07, 6.45) is 4.87. The average molecular weight is 361 g/mol. The minimum Gasteiger partial charge on any atom is -0.486 e. The summed E-state index contributed by atoms with van der Waals surface area (Å²) in [4.78, 5) is 4.34. The molecule has 1 aromatic rings. The zero-order valence-electron chi connectivity index (χ0n) is 16.0. The minimum absolute atomic E-state index is 0.118. The van der Waals surface area contributed by atoms with E-state index in [1.807, 2.05) is 6.92 Å². The second-order valence-corrected chi connectivity index (χ2v) is 6.90. The number of nitrogens with zero attached hydrogens (tertiary/aromatic N) is 1. The van der Waals surface area contributed by atoms with Gasteiger partial charge in [-0.05, 0) is 37.5 Å². The molecule has 2 aliphatic rings. The van der Waals surface area contributed by atoms with Gasteiger partial charge in [0.2, 0.25) is 0 Å². The molecule has 0 unspecified atom stereocenters. The Balaban J connectivity index is 1.66. The predicted octanol–water partition coefficient (Wildman–Crippen LogP) is 2.47. The predicted molar refractivity (Wildman–Crippen MR) is 103 cm³/mol. The van der Waals surface area contributed by atoms with Gasteiger partial charge in [0.1, 0.15) is 13.2 Å². The van der Waals surface area contributed by atoms with E-state index in [2.05, 4.69) is 33.8 Å². The van der Waals surface area contributed by atoms with E-state index in [1.54, 1.807) is 7.05 Å². The lowest BCUT2D eigenvalue weighted by Gasteiger charge is -2.32. The van der Waals surface area contributed by atoms with E-state index >= 15 is 0 Å². The summed E-state index contributed by atoms with van der Waals surface area (Å²) in [6.45, 7) is 6.29. The van der Waals surface area contributed by atoms with E-state index in [0.29, 0.717) is 19.8 Å². The van der Waals surface area contributed by atoms with Crippen molar-refractivity contribution in [2.45, 2.75) is 38.0 Å². The zero-order chi connectivity index (χ0) is 18.2. The van der Waals surface area contributed by atoms with Gasteiger partial charge in [-0.1, -0.05) is 18.9 Å². The highest BCUT2D eigenvalue weighted by Crippen LogP contribution is 2.43. The van der Waals surface area contributed by atoms with Crippen LogP contribution in [0.25, 0.3) is 0 Å².